The summed E-state index contributed by atoms with van der Waals surface area (Å²) in [7, 11) is 0. The molecule has 0 saturated heterocycles. The number of benzene rings is 3. The Morgan fingerprint density at radius 1 is 0.938 bits per heavy atom. The van der Waals surface area contributed by atoms with Gasteiger partial charge in [-0.05, 0) is 86.4 Å². The van der Waals surface area contributed by atoms with Crippen LogP contribution < -0.4 is 0 Å². The Bertz CT molecular complexity index is 1250. The summed E-state index contributed by atoms with van der Waals surface area (Å²) in [6, 6.07) is 19.9. The number of phenolic OH excluding ortho intramolecular Hbond substituents is 2. The van der Waals surface area contributed by atoms with Crippen LogP contribution in [0.5, 0.6) is 11.5 Å². The fourth-order valence-corrected chi connectivity index (χ4v) is 5.00. The number of rotatable bonds is 2. The molecule has 0 saturated carbocycles. The van der Waals surface area contributed by atoms with E-state index in [-0.39, 0.29) is 5.54 Å². The third-order valence-corrected chi connectivity index (χ3v) is 7.49. The molecule has 0 fully saturated rings. The molecule has 1 heterocycles. The lowest BCUT2D eigenvalue weighted by atomic mass is 9.77. The van der Waals surface area contributed by atoms with Crippen molar-refractivity contribution < 1.29 is 10.2 Å². The van der Waals surface area contributed by atoms with Crippen LogP contribution in [0.2, 0.25) is 0 Å². The molecule has 0 aliphatic heterocycles. The summed E-state index contributed by atoms with van der Waals surface area (Å²) in [5.41, 5.74) is 5.08. The molecule has 1 aliphatic carbocycles. The van der Waals surface area contributed by atoms with Crippen LogP contribution in [0, 0.1) is 5.92 Å². The van der Waals surface area contributed by atoms with Gasteiger partial charge in [0, 0.05) is 21.8 Å². The average molecular weight is 430 g/mol. The molecule has 0 amide bonds. The summed E-state index contributed by atoms with van der Waals surface area (Å²) in [6.07, 6.45) is 3.41. The molecular formula is C29H35NO2. The first kappa shape index (κ1) is 22.3. The zero-order chi connectivity index (χ0) is 23.0. The minimum absolute atomic E-state index is 0.0230. The fraction of sp³-hybridized carbons (Fsp3) is 0.379. The Balaban J connectivity index is 0.000000165. The molecule has 3 nitrogen and oxygen atoms in total. The van der Waals surface area contributed by atoms with Gasteiger partial charge in [0.2, 0.25) is 0 Å². The maximum absolute atomic E-state index is 10.2. The number of aromatic hydroxyl groups is 2. The Hall–Kier alpha value is -2.94. The van der Waals surface area contributed by atoms with Crippen molar-refractivity contribution in [1.82, 2.24) is 4.57 Å². The molecule has 4 aromatic rings. The highest BCUT2D eigenvalue weighted by molar-refractivity contribution is 6.11. The Morgan fingerprint density at radius 3 is 2.41 bits per heavy atom. The summed E-state index contributed by atoms with van der Waals surface area (Å²) in [6.45, 7) is 11.3. The van der Waals surface area contributed by atoms with Gasteiger partial charge in [-0.25, -0.2) is 0 Å². The standard InChI is InChI=1S/C17H19NO.C12H16O/c1-4-17(2,3)18-13-9-6-5-8-12(13)16-14(18)10-7-11-15(16)19;1-8-3-4-10-7-11(13)5-6-12(10)9(8)2/h5-11,19H,4H2,1-3H3;5-9,13H,3-4H2,1-2H3. The smallest absolute Gasteiger partial charge is 0.125 e. The van der Waals surface area contributed by atoms with Gasteiger partial charge < -0.3 is 14.8 Å². The molecule has 168 valence electrons. The summed E-state index contributed by atoms with van der Waals surface area (Å²) in [4.78, 5) is 0. The number of fused-ring (bicyclic) bond motifs is 4. The van der Waals surface area contributed by atoms with Gasteiger partial charge in [0.1, 0.15) is 11.5 Å². The fourth-order valence-electron chi connectivity index (χ4n) is 5.00. The number of para-hydroxylation sites is 1. The normalized spacial score (nSPS) is 18.3. The second kappa shape index (κ2) is 8.54. The average Bonchev–Trinajstić information content (AvgIpc) is 3.13. The van der Waals surface area contributed by atoms with E-state index in [1.54, 1.807) is 12.1 Å². The maximum Gasteiger partial charge on any atom is 0.125 e. The molecule has 2 unspecified atom stereocenters. The maximum atomic E-state index is 10.2. The SMILES string of the molecule is CC1CCc2cc(O)ccc2C1C.CCC(C)(C)n1c2ccccc2c2c(O)cccc21. The zero-order valence-corrected chi connectivity index (χ0v) is 19.9. The van der Waals surface area contributed by atoms with E-state index in [1.165, 1.54) is 23.1 Å². The molecule has 2 N–H and O–H groups in total. The predicted octanol–water partition coefficient (Wildman–Crippen LogP) is 7.72. The Morgan fingerprint density at radius 2 is 1.66 bits per heavy atom. The quantitative estimate of drug-likeness (QED) is 0.342. The predicted molar refractivity (Wildman–Crippen MR) is 135 cm³/mol. The van der Waals surface area contributed by atoms with Gasteiger partial charge in [0.25, 0.3) is 0 Å². The number of hydrogen-bond donors (Lipinski definition) is 2. The number of phenols is 2. The van der Waals surface area contributed by atoms with E-state index in [9.17, 15) is 10.2 Å². The Kier molecular flexibility index (Phi) is 5.94. The van der Waals surface area contributed by atoms with E-state index >= 15 is 0 Å². The highest BCUT2D eigenvalue weighted by Crippen LogP contribution is 2.39. The van der Waals surface area contributed by atoms with Crippen molar-refractivity contribution in [3.63, 3.8) is 0 Å². The van der Waals surface area contributed by atoms with Gasteiger partial charge in [-0.1, -0.05) is 51.1 Å². The van der Waals surface area contributed by atoms with Gasteiger partial charge >= 0.3 is 0 Å². The first-order chi connectivity index (χ1) is 15.2. The summed E-state index contributed by atoms with van der Waals surface area (Å²) < 4.78 is 2.34. The molecule has 5 rings (SSSR count). The Labute approximate surface area is 191 Å². The lowest BCUT2D eigenvalue weighted by molar-refractivity contribution is 0.364. The topological polar surface area (TPSA) is 45.4 Å². The van der Waals surface area contributed by atoms with Crippen LogP contribution in [0.15, 0.2) is 60.7 Å². The van der Waals surface area contributed by atoms with E-state index in [2.05, 4.69) is 69.5 Å². The van der Waals surface area contributed by atoms with Gasteiger partial charge in [0.05, 0.1) is 5.52 Å². The van der Waals surface area contributed by atoms with Gasteiger partial charge in [-0.15, -0.1) is 0 Å². The van der Waals surface area contributed by atoms with Crippen LogP contribution in [0.4, 0.5) is 0 Å². The highest BCUT2D eigenvalue weighted by Gasteiger charge is 2.24. The molecule has 0 spiro atoms. The van der Waals surface area contributed by atoms with Crippen LogP contribution >= 0.6 is 0 Å². The molecule has 0 bridgehead atoms. The highest BCUT2D eigenvalue weighted by atomic mass is 16.3. The van der Waals surface area contributed by atoms with E-state index in [0.29, 0.717) is 17.4 Å². The third-order valence-electron chi connectivity index (χ3n) is 7.49. The van der Waals surface area contributed by atoms with E-state index < -0.39 is 0 Å². The van der Waals surface area contributed by atoms with Crippen molar-refractivity contribution in [2.75, 3.05) is 0 Å². The van der Waals surface area contributed by atoms with Crippen LogP contribution in [0.25, 0.3) is 21.8 Å². The minimum Gasteiger partial charge on any atom is -0.508 e. The lowest BCUT2D eigenvalue weighted by Gasteiger charge is -2.28. The van der Waals surface area contributed by atoms with E-state index in [4.69, 9.17) is 0 Å². The van der Waals surface area contributed by atoms with Crippen molar-refractivity contribution in [2.45, 2.75) is 65.3 Å². The van der Waals surface area contributed by atoms with Crippen molar-refractivity contribution in [3.05, 3.63) is 71.8 Å². The van der Waals surface area contributed by atoms with E-state index in [0.717, 1.165) is 35.0 Å². The first-order valence-electron chi connectivity index (χ1n) is 11.8. The number of hydrogen-bond acceptors (Lipinski definition) is 2. The number of aryl methyl sites for hydroxylation is 1. The largest absolute Gasteiger partial charge is 0.508 e. The molecule has 2 atom stereocenters. The van der Waals surface area contributed by atoms with Crippen LogP contribution in [0.3, 0.4) is 0 Å². The van der Waals surface area contributed by atoms with Crippen molar-refractivity contribution in [1.29, 1.82) is 0 Å². The molecule has 0 radical (unpaired) electrons. The summed E-state index contributed by atoms with van der Waals surface area (Å²) >= 11 is 0. The zero-order valence-electron chi connectivity index (χ0n) is 19.9. The van der Waals surface area contributed by atoms with Gasteiger partial charge in [-0.2, -0.15) is 0 Å². The molecule has 1 aliphatic rings. The minimum atomic E-state index is 0.0230. The number of nitrogens with zero attached hydrogens (tertiary/aromatic N) is 1. The molecule has 32 heavy (non-hydrogen) atoms. The van der Waals surface area contributed by atoms with Crippen LogP contribution in [0.1, 0.15) is 64.5 Å². The molecular weight excluding hydrogens is 394 g/mol. The van der Waals surface area contributed by atoms with Crippen LogP contribution in [-0.4, -0.2) is 14.8 Å². The first-order valence-corrected chi connectivity index (χ1v) is 11.8. The van der Waals surface area contributed by atoms with Crippen molar-refractivity contribution >= 4 is 21.8 Å². The van der Waals surface area contributed by atoms with Gasteiger partial charge in [0.15, 0.2) is 0 Å². The summed E-state index contributed by atoms with van der Waals surface area (Å²) in [5, 5.41) is 21.6. The van der Waals surface area contributed by atoms with Crippen molar-refractivity contribution in [3.8, 4) is 11.5 Å². The molecule has 3 aromatic carbocycles. The number of aromatic nitrogens is 1. The monoisotopic (exact) mass is 429 g/mol. The molecule has 3 heteroatoms. The van der Waals surface area contributed by atoms with Gasteiger partial charge in [-0.3, -0.25) is 0 Å². The van der Waals surface area contributed by atoms with E-state index in [1.807, 2.05) is 18.2 Å². The second-order valence-electron chi connectivity index (χ2n) is 9.88. The van der Waals surface area contributed by atoms with Crippen LogP contribution in [-0.2, 0) is 12.0 Å². The lowest BCUT2D eigenvalue weighted by Crippen LogP contribution is -2.24. The second-order valence-corrected chi connectivity index (χ2v) is 9.88. The molecule has 1 aromatic heterocycles. The van der Waals surface area contributed by atoms with Crippen molar-refractivity contribution in [2.24, 2.45) is 5.92 Å². The summed E-state index contributed by atoms with van der Waals surface area (Å²) in [5.74, 6) is 2.18. The third kappa shape index (κ3) is 3.85.